The summed E-state index contributed by atoms with van der Waals surface area (Å²) in [6.45, 7) is 36.0. The molecular weight excluding hydrogens is 665 g/mol. The minimum atomic E-state index is -0.0289. The zero-order valence-corrected chi connectivity index (χ0v) is 37.6. The number of Topliss-reactive ketones (excluding diaryl/α,β-unsaturated/α-hetero) is 2. The standard InChI is InChI=1S/C10H18O.C10H14O.C10H20O.C10H18O.C10H16/c1-9(2)8-4-6-10(3,11-9)7-5-8;1-7(2)9-5-4-8(3)10(11)6-9;2*1-7(2)9-5-4-8(3)6-10(9)11;1-8(2)10-6-4-9(3)5-7-10/h8H,4-7H2,1-3H3;4,9H,1,5-6H2,2-3H3;7-11H,4-6H2,1-3H3;7-9H,4-6H2,1-3H3;4,10H,1,5-7H2,2-3H3/t;;;8-,9+;/m...0./s1. The fraction of sp³-hybridized carbons (Fsp3) is 0.800. The molecule has 5 aliphatic carbocycles. The van der Waals surface area contributed by atoms with Gasteiger partial charge in [0.15, 0.2) is 5.78 Å². The zero-order valence-electron chi connectivity index (χ0n) is 37.6. The lowest BCUT2D eigenvalue weighted by atomic mass is 9.69. The van der Waals surface area contributed by atoms with E-state index in [4.69, 9.17) is 4.74 Å². The van der Waals surface area contributed by atoms with Gasteiger partial charge in [-0.3, -0.25) is 9.59 Å². The van der Waals surface area contributed by atoms with Crippen LogP contribution in [0, 0.1) is 53.3 Å². The molecule has 2 saturated heterocycles. The Balaban J connectivity index is 0.000000234. The lowest BCUT2D eigenvalue weighted by Gasteiger charge is -2.54. The van der Waals surface area contributed by atoms with E-state index in [1.54, 1.807) is 5.57 Å². The van der Waals surface area contributed by atoms with E-state index in [0.29, 0.717) is 47.7 Å². The molecule has 0 amide bonds. The molecule has 4 heteroatoms. The lowest BCUT2D eigenvalue weighted by Crippen LogP contribution is -2.53. The third-order valence-electron chi connectivity index (χ3n) is 13.9. The van der Waals surface area contributed by atoms with Crippen LogP contribution in [0.5, 0.6) is 0 Å². The normalized spacial score (nSPS) is 34.3. The molecule has 0 radical (unpaired) electrons. The Morgan fingerprint density at radius 2 is 1.35 bits per heavy atom. The van der Waals surface area contributed by atoms with Crippen molar-refractivity contribution in [3.63, 3.8) is 0 Å². The first kappa shape index (κ1) is 48.4. The van der Waals surface area contributed by atoms with Gasteiger partial charge in [0, 0.05) is 18.8 Å². The van der Waals surface area contributed by atoms with Crippen molar-refractivity contribution in [2.45, 2.75) is 204 Å². The van der Waals surface area contributed by atoms with E-state index in [0.717, 1.165) is 54.6 Å². The summed E-state index contributed by atoms with van der Waals surface area (Å²) in [5, 5.41) is 9.71. The Labute approximate surface area is 334 Å². The number of ketones is 2. The number of carbonyl (C=O) groups is 2. The lowest BCUT2D eigenvalue weighted by molar-refractivity contribution is -0.229. The summed E-state index contributed by atoms with van der Waals surface area (Å²) in [5.74, 6) is 6.27. The van der Waals surface area contributed by atoms with E-state index in [9.17, 15) is 14.7 Å². The first-order valence-electron chi connectivity index (χ1n) is 22.1. The molecule has 2 aliphatic heterocycles. The largest absolute Gasteiger partial charge is 0.393 e. The number of aliphatic hydroxyl groups excluding tert-OH is 1. The fourth-order valence-electron chi connectivity index (χ4n) is 9.51. The summed E-state index contributed by atoms with van der Waals surface area (Å²) < 4.78 is 6.06. The number of fused-ring (bicyclic) bond motifs is 3. The quantitative estimate of drug-likeness (QED) is 0.291. The Morgan fingerprint density at radius 3 is 1.76 bits per heavy atom. The monoisotopic (exact) mass is 751 g/mol. The molecule has 0 aromatic rings. The van der Waals surface area contributed by atoms with Crippen molar-refractivity contribution < 1.29 is 19.4 Å². The van der Waals surface area contributed by atoms with Crippen LogP contribution in [0.4, 0.5) is 0 Å². The van der Waals surface area contributed by atoms with Gasteiger partial charge in [-0.25, -0.2) is 0 Å². The molecule has 2 bridgehead atoms. The van der Waals surface area contributed by atoms with E-state index in [1.807, 2.05) is 19.9 Å². The number of rotatable bonds is 4. The maximum Gasteiger partial charge on any atom is 0.158 e. The van der Waals surface area contributed by atoms with Crippen LogP contribution in [0.1, 0.15) is 186 Å². The van der Waals surface area contributed by atoms with Crippen molar-refractivity contribution in [1.29, 1.82) is 0 Å². The summed E-state index contributed by atoms with van der Waals surface area (Å²) in [6.07, 6.45) is 21.9. The van der Waals surface area contributed by atoms with Crippen molar-refractivity contribution >= 4 is 11.6 Å². The Hall–Kier alpha value is -1.78. The number of allylic oxidation sites excluding steroid dienone is 6. The molecule has 310 valence electrons. The molecule has 5 fully saturated rings. The Bertz CT molecular complexity index is 1270. The van der Waals surface area contributed by atoms with Gasteiger partial charge in [0.25, 0.3) is 0 Å². The second-order valence-electron chi connectivity index (χ2n) is 20.2. The average molecular weight is 751 g/mol. The summed E-state index contributed by atoms with van der Waals surface area (Å²) >= 11 is 0. The van der Waals surface area contributed by atoms with Crippen molar-refractivity contribution in [3.8, 4) is 0 Å². The van der Waals surface area contributed by atoms with E-state index < -0.39 is 0 Å². The van der Waals surface area contributed by atoms with Crippen LogP contribution >= 0.6 is 0 Å². The average Bonchev–Trinajstić information content (AvgIpc) is 3.06. The first-order valence-corrected chi connectivity index (χ1v) is 22.1. The van der Waals surface area contributed by atoms with Gasteiger partial charge < -0.3 is 9.84 Å². The molecule has 0 spiro atoms. The summed E-state index contributed by atoms with van der Waals surface area (Å²) in [4.78, 5) is 22.6. The Kier molecular flexibility index (Phi) is 19.9. The van der Waals surface area contributed by atoms with Gasteiger partial charge in [0.2, 0.25) is 0 Å². The van der Waals surface area contributed by atoms with E-state index >= 15 is 0 Å². The predicted molar refractivity (Wildman–Crippen MR) is 231 cm³/mol. The van der Waals surface area contributed by atoms with Gasteiger partial charge >= 0.3 is 0 Å². The van der Waals surface area contributed by atoms with Crippen LogP contribution in [0.3, 0.4) is 0 Å². The van der Waals surface area contributed by atoms with Crippen LogP contribution < -0.4 is 0 Å². The van der Waals surface area contributed by atoms with Crippen LogP contribution in [-0.2, 0) is 14.3 Å². The van der Waals surface area contributed by atoms with Crippen molar-refractivity contribution in [2.24, 2.45) is 53.3 Å². The van der Waals surface area contributed by atoms with Gasteiger partial charge in [-0.2, -0.15) is 0 Å². The molecule has 7 atom stereocenters. The first-order chi connectivity index (χ1) is 25.0. The molecule has 1 N–H and O–H groups in total. The van der Waals surface area contributed by atoms with E-state index in [-0.39, 0.29) is 23.1 Å². The van der Waals surface area contributed by atoms with Gasteiger partial charge in [-0.05, 0) is 178 Å². The molecule has 0 aromatic heterocycles. The van der Waals surface area contributed by atoms with Crippen molar-refractivity contribution in [1.82, 2.24) is 0 Å². The smallest absolute Gasteiger partial charge is 0.158 e. The van der Waals surface area contributed by atoms with Gasteiger partial charge in [-0.1, -0.05) is 90.0 Å². The minimum Gasteiger partial charge on any atom is -0.393 e. The number of hydrogen-bond acceptors (Lipinski definition) is 4. The number of carbonyl (C=O) groups excluding carboxylic acids is 2. The fourth-order valence-corrected chi connectivity index (χ4v) is 9.51. The van der Waals surface area contributed by atoms with Gasteiger partial charge in [0.1, 0.15) is 5.78 Å². The van der Waals surface area contributed by atoms with E-state index in [2.05, 4.69) is 95.4 Å². The predicted octanol–water partition coefficient (Wildman–Crippen LogP) is 13.6. The minimum absolute atomic E-state index is 0.0289. The molecule has 54 heavy (non-hydrogen) atoms. The number of aliphatic hydroxyl groups is 1. The SMILES string of the molecule is C=C(C)C1CC=C(C)C(=O)C1.C=C(C)C1CC=C(C)CC1.CC(C)[C@H]1CC[C@H](C)CC1=O.CC12CCC(CC1)C(C)(C)O2.CC1CCC(C(C)C)C(O)C1. The molecular formula is C50H86O4. The Morgan fingerprint density at radius 1 is 0.778 bits per heavy atom. The maximum atomic E-state index is 11.4. The zero-order chi connectivity index (χ0) is 41.0. The molecule has 5 unspecified atom stereocenters. The molecule has 2 heterocycles. The van der Waals surface area contributed by atoms with Crippen LogP contribution in [0.15, 0.2) is 47.6 Å². The molecule has 0 aromatic carbocycles. The van der Waals surface area contributed by atoms with E-state index in [1.165, 1.54) is 69.8 Å². The van der Waals surface area contributed by atoms with Gasteiger partial charge in [-0.15, -0.1) is 0 Å². The highest BCUT2D eigenvalue weighted by Gasteiger charge is 2.48. The van der Waals surface area contributed by atoms with Gasteiger partial charge in [0.05, 0.1) is 17.3 Å². The second kappa shape index (κ2) is 22.2. The third-order valence-corrected chi connectivity index (χ3v) is 13.9. The summed E-state index contributed by atoms with van der Waals surface area (Å²) in [6, 6.07) is 0. The molecule has 3 saturated carbocycles. The highest BCUT2D eigenvalue weighted by atomic mass is 16.5. The van der Waals surface area contributed by atoms with Crippen LogP contribution in [0.2, 0.25) is 0 Å². The highest BCUT2D eigenvalue weighted by molar-refractivity contribution is 5.95. The number of ether oxygens (including phenoxy) is 1. The van der Waals surface area contributed by atoms with Crippen LogP contribution in [0.25, 0.3) is 0 Å². The molecule has 7 rings (SSSR count). The number of hydrogen-bond donors (Lipinski definition) is 1. The van der Waals surface area contributed by atoms with Crippen LogP contribution in [-0.4, -0.2) is 34.0 Å². The third kappa shape index (κ3) is 16.0. The van der Waals surface area contributed by atoms with Crippen molar-refractivity contribution in [2.75, 3.05) is 0 Å². The van der Waals surface area contributed by atoms with Crippen molar-refractivity contribution in [3.05, 3.63) is 47.6 Å². The maximum absolute atomic E-state index is 11.4. The second-order valence-corrected chi connectivity index (χ2v) is 20.2. The summed E-state index contributed by atoms with van der Waals surface area (Å²) in [7, 11) is 0. The highest BCUT2D eigenvalue weighted by Crippen LogP contribution is 2.49. The molecule has 7 aliphatic rings. The summed E-state index contributed by atoms with van der Waals surface area (Å²) in [5.41, 5.74) is 5.33. The molecule has 4 nitrogen and oxygen atoms in total. The topological polar surface area (TPSA) is 63.6 Å².